The average Bonchev–Trinajstić information content (AvgIpc) is 2.78. The van der Waals surface area contributed by atoms with Gasteiger partial charge in [-0.15, -0.1) is 0 Å². The summed E-state index contributed by atoms with van der Waals surface area (Å²) < 4.78 is 1.88. The molecule has 2 heterocycles. The van der Waals surface area contributed by atoms with Crippen molar-refractivity contribution in [3.63, 3.8) is 0 Å². The van der Waals surface area contributed by atoms with Gasteiger partial charge in [-0.25, -0.2) is 0 Å². The van der Waals surface area contributed by atoms with E-state index in [2.05, 4.69) is 24.3 Å². The summed E-state index contributed by atoms with van der Waals surface area (Å²) in [6.07, 6.45) is 5.44. The topological polar surface area (TPSA) is 29.9 Å². The second-order valence-electron chi connectivity index (χ2n) is 4.50. The maximum atomic E-state index is 6.27. The molecule has 0 bridgehead atoms. The van der Waals surface area contributed by atoms with Gasteiger partial charge in [-0.05, 0) is 39.7 Å². The summed E-state index contributed by atoms with van der Waals surface area (Å²) in [5.41, 5.74) is 1.17. The quantitative estimate of drug-likeness (QED) is 0.860. The van der Waals surface area contributed by atoms with Crippen LogP contribution in [0.3, 0.4) is 0 Å². The second-order valence-corrected chi connectivity index (χ2v) is 4.85. The number of nitrogens with one attached hydrogen (secondary N) is 1. The highest BCUT2D eigenvalue weighted by Gasteiger charge is 2.18. The van der Waals surface area contributed by atoms with Gasteiger partial charge in [0.15, 0.2) is 0 Å². The Hall–Kier alpha value is -0.540. The van der Waals surface area contributed by atoms with Gasteiger partial charge in [-0.3, -0.25) is 4.68 Å². The maximum absolute atomic E-state index is 6.27. The van der Waals surface area contributed by atoms with Crippen molar-refractivity contribution in [2.24, 2.45) is 0 Å². The van der Waals surface area contributed by atoms with E-state index in [1.165, 1.54) is 18.4 Å². The van der Waals surface area contributed by atoms with Crippen LogP contribution in [-0.2, 0) is 6.42 Å². The Balaban J connectivity index is 2.08. The van der Waals surface area contributed by atoms with Gasteiger partial charge < -0.3 is 5.32 Å². The number of halogens is 1. The molecule has 0 saturated carbocycles. The van der Waals surface area contributed by atoms with Gasteiger partial charge in [0.25, 0.3) is 0 Å². The Labute approximate surface area is 95.8 Å². The fourth-order valence-corrected chi connectivity index (χ4v) is 2.44. The molecule has 1 atom stereocenters. The molecule has 1 aliphatic heterocycles. The average molecular weight is 228 g/mol. The van der Waals surface area contributed by atoms with E-state index >= 15 is 0 Å². The molecule has 0 amide bonds. The van der Waals surface area contributed by atoms with Crippen molar-refractivity contribution in [1.29, 1.82) is 0 Å². The molecular weight excluding hydrogens is 210 g/mol. The van der Waals surface area contributed by atoms with Gasteiger partial charge in [0.1, 0.15) is 5.15 Å². The third kappa shape index (κ3) is 2.34. The Bertz CT molecular complexity index is 327. The number of aromatic nitrogens is 2. The first kappa shape index (κ1) is 11.0. The molecule has 1 N–H and O–H groups in total. The standard InChI is InChI=1S/C11H18ClN3/c1-8(2)15-11(12)9(7-14-15)6-10-4-3-5-13-10/h7-8,10,13H,3-6H2,1-2H3. The molecule has 1 saturated heterocycles. The predicted octanol–water partition coefficient (Wildman–Crippen LogP) is 2.41. The summed E-state index contributed by atoms with van der Waals surface area (Å²) in [4.78, 5) is 0. The molecule has 15 heavy (non-hydrogen) atoms. The van der Waals surface area contributed by atoms with Crippen LogP contribution >= 0.6 is 11.6 Å². The van der Waals surface area contributed by atoms with Gasteiger partial charge in [0.05, 0.1) is 6.20 Å². The number of hydrogen-bond donors (Lipinski definition) is 1. The second kappa shape index (κ2) is 4.54. The maximum Gasteiger partial charge on any atom is 0.130 e. The molecule has 2 rings (SSSR count). The van der Waals surface area contributed by atoms with Crippen LogP contribution in [0.2, 0.25) is 5.15 Å². The van der Waals surface area contributed by atoms with Crippen LogP contribution in [0.25, 0.3) is 0 Å². The van der Waals surface area contributed by atoms with Gasteiger partial charge in [0, 0.05) is 17.6 Å². The molecule has 1 aliphatic rings. The fraction of sp³-hybridized carbons (Fsp3) is 0.727. The molecule has 84 valence electrons. The van der Waals surface area contributed by atoms with E-state index in [1.54, 1.807) is 0 Å². The van der Waals surface area contributed by atoms with Crippen LogP contribution in [-0.4, -0.2) is 22.4 Å². The van der Waals surface area contributed by atoms with Gasteiger partial charge in [-0.1, -0.05) is 11.6 Å². The largest absolute Gasteiger partial charge is 0.314 e. The molecule has 0 radical (unpaired) electrons. The van der Waals surface area contributed by atoms with E-state index in [9.17, 15) is 0 Å². The van der Waals surface area contributed by atoms with Gasteiger partial charge >= 0.3 is 0 Å². The molecule has 1 aromatic heterocycles. The van der Waals surface area contributed by atoms with Crippen LogP contribution in [0.1, 0.15) is 38.3 Å². The Morgan fingerprint density at radius 2 is 2.47 bits per heavy atom. The van der Waals surface area contributed by atoms with Crippen LogP contribution in [0, 0.1) is 0 Å². The molecule has 1 fully saturated rings. The van der Waals surface area contributed by atoms with Crippen molar-refractivity contribution in [3.8, 4) is 0 Å². The SMILES string of the molecule is CC(C)n1ncc(CC2CCCN2)c1Cl. The van der Waals surface area contributed by atoms with E-state index in [1.807, 2.05) is 10.9 Å². The van der Waals surface area contributed by atoms with E-state index < -0.39 is 0 Å². The summed E-state index contributed by atoms with van der Waals surface area (Å²) >= 11 is 6.27. The number of rotatable bonds is 3. The highest BCUT2D eigenvalue weighted by atomic mass is 35.5. The van der Waals surface area contributed by atoms with Crippen LogP contribution < -0.4 is 5.32 Å². The lowest BCUT2D eigenvalue weighted by Crippen LogP contribution is -2.23. The first-order valence-electron chi connectivity index (χ1n) is 5.63. The minimum absolute atomic E-state index is 0.336. The number of nitrogens with zero attached hydrogens (tertiary/aromatic N) is 2. The minimum atomic E-state index is 0.336. The fourth-order valence-electron chi connectivity index (χ4n) is 2.08. The van der Waals surface area contributed by atoms with Crippen LogP contribution in [0.4, 0.5) is 0 Å². The Kier molecular flexibility index (Phi) is 3.32. The molecule has 1 unspecified atom stereocenters. The van der Waals surface area contributed by atoms with Crippen molar-refractivity contribution in [3.05, 3.63) is 16.9 Å². The number of hydrogen-bond acceptors (Lipinski definition) is 2. The lowest BCUT2D eigenvalue weighted by molar-refractivity contribution is 0.532. The summed E-state index contributed by atoms with van der Waals surface area (Å²) in [5, 5.41) is 8.59. The third-order valence-electron chi connectivity index (χ3n) is 2.92. The Morgan fingerprint density at radius 1 is 1.67 bits per heavy atom. The zero-order valence-corrected chi connectivity index (χ0v) is 10.1. The highest BCUT2D eigenvalue weighted by Crippen LogP contribution is 2.22. The normalized spacial score (nSPS) is 21.5. The zero-order valence-electron chi connectivity index (χ0n) is 9.33. The van der Waals surface area contributed by atoms with Crippen molar-refractivity contribution >= 4 is 11.6 Å². The predicted molar refractivity (Wildman–Crippen MR) is 62.4 cm³/mol. The summed E-state index contributed by atoms with van der Waals surface area (Å²) in [6.45, 7) is 5.33. The molecule has 0 aliphatic carbocycles. The van der Waals surface area contributed by atoms with Crippen molar-refractivity contribution in [2.45, 2.75) is 45.2 Å². The third-order valence-corrected chi connectivity index (χ3v) is 3.34. The van der Waals surface area contributed by atoms with E-state index in [-0.39, 0.29) is 0 Å². The summed E-state index contributed by atoms with van der Waals surface area (Å²) in [7, 11) is 0. The Morgan fingerprint density at radius 3 is 3.00 bits per heavy atom. The van der Waals surface area contributed by atoms with Crippen molar-refractivity contribution in [2.75, 3.05) is 6.54 Å². The highest BCUT2D eigenvalue weighted by molar-refractivity contribution is 6.30. The van der Waals surface area contributed by atoms with E-state index in [0.29, 0.717) is 12.1 Å². The van der Waals surface area contributed by atoms with Gasteiger partial charge in [-0.2, -0.15) is 5.10 Å². The molecule has 1 aromatic rings. The lowest BCUT2D eigenvalue weighted by atomic mass is 10.1. The van der Waals surface area contributed by atoms with E-state index in [0.717, 1.165) is 18.1 Å². The molecule has 4 heteroatoms. The molecule has 0 spiro atoms. The zero-order chi connectivity index (χ0) is 10.8. The molecule has 3 nitrogen and oxygen atoms in total. The monoisotopic (exact) mass is 227 g/mol. The van der Waals surface area contributed by atoms with Crippen molar-refractivity contribution in [1.82, 2.24) is 15.1 Å². The smallest absolute Gasteiger partial charge is 0.130 e. The first-order chi connectivity index (χ1) is 7.18. The van der Waals surface area contributed by atoms with E-state index in [4.69, 9.17) is 11.6 Å². The van der Waals surface area contributed by atoms with Crippen LogP contribution in [0.5, 0.6) is 0 Å². The van der Waals surface area contributed by atoms with Gasteiger partial charge in [0.2, 0.25) is 0 Å². The van der Waals surface area contributed by atoms with Crippen LogP contribution in [0.15, 0.2) is 6.20 Å². The van der Waals surface area contributed by atoms with Crippen molar-refractivity contribution < 1.29 is 0 Å². The summed E-state index contributed by atoms with van der Waals surface area (Å²) in [6, 6.07) is 0.926. The molecular formula is C11H18ClN3. The summed E-state index contributed by atoms with van der Waals surface area (Å²) in [5.74, 6) is 0. The first-order valence-corrected chi connectivity index (χ1v) is 6.01. The lowest BCUT2D eigenvalue weighted by Gasteiger charge is -2.10. The molecule has 0 aromatic carbocycles. The minimum Gasteiger partial charge on any atom is -0.314 e.